The van der Waals surface area contributed by atoms with Crippen molar-refractivity contribution >= 4 is 26.6 Å². The summed E-state index contributed by atoms with van der Waals surface area (Å²) in [5.74, 6) is 0.916. The highest BCUT2D eigenvalue weighted by Crippen LogP contribution is 2.37. The maximum Gasteiger partial charge on any atom is 0.266 e. The first-order chi connectivity index (χ1) is 16.1. The van der Waals surface area contributed by atoms with E-state index in [4.69, 9.17) is 9.52 Å². The summed E-state index contributed by atoms with van der Waals surface area (Å²) in [4.78, 5) is 13.4. The van der Waals surface area contributed by atoms with E-state index in [1.807, 2.05) is 6.07 Å². The van der Waals surface area contributed by atoms with Crippen LogP contribution in [0.4, 0.5) is 19.0 Å². The lowest BCUT2D eigenvalue weighted by molar-refractivity contribution is 0.146. The van der Waals surface area contributed by atoms with Crippen LogP contribution in [0.1, 0.15) is 60.7 Å². The number of nitrogens with one attached hydrogen (secondary N) is 2. The van der Waals surface area contributed by atoms with Gasteiger partial charge in [0, 0.05) is 32.4 Å². The lowest BCUT2D eigenvalue weighted by Crippen LogP contribution is -2.21. The Labute approximate surface area is 196 Å². The summed E-state index contributed by atoms with van der Waals surface area (Å²) in [5.41, 5.74) is 0.636. The Morgan fingerprint density at radius 1 is 1.18 bits per heavy atom. The number of alkyl halides is 2. The normalized spacial score (nSPS) is 21.6. The third-order valence-electron chi connectivity index (χ3n) is 6.13. The molecule has 3 heterocycles. The summed E-state index contributed by atoms with van der Waals surface area (Å²) >= 11 is 0. The SMILES string of the molecule is COc1nc2nc(C)nc(N[C@H](C)c3cccc(C(F)F)c3F)c2cc1C1CCS(=N)(=O)CC1. The van der Waals surface area contributed by atoms with Gasteiger partial charge in [-0.2, -0.15) is 4.98 Å². The molecule has 1 saturated heterocycles. The smallest absolute Gasteiger partial charge is 0.266 e. The molecule has 0 bridgehead atoms. The summed E-state index contributed by atoms with van der Waals surface area (Å²) < 4.78 is 66.5. The van der Waals surface area contributed by atoms with Crippen LogP contribution in [0.5, 0.6) is 5.88 Å². The first-order valence-corrected chi connectivity index (χ1v) is 12.8. The van der Waals surface area contributed by atoms with Gasteiger partial charge in [-0.25, -0.2) is 27.3 Å². The van der Waals surface area contributed by atoms with E-state index in [-0.39, 0.29) is 11.5 Å². The molecule has 2 aromatic heterocycles. The van der Waals surface area contributed by atoms with E-state index < -0.39 is 33.6 Å². The fourth-order valence-electron chi connectivity index (χ4n) is 4.31. The monoisotopic (exact) mass is 493 g/mol. The van der Waals surface area contributed by atoms with E-state index in [0.29, 0.717) is 52.9 Å². The van der Waals surface area contributed by atoms with E-state index in [1.165, 1.54) is 19.2 Å². The zero-order valence-corrected chi connectivity index (χ0v) is 19.9. The molecule has 1 aliphatic heterocycles. The van der Waals surface area contributed by atoms with Gasteiger partial charge in [0.25, 0.3) is 6.43 Å². The van der Waals surface area contributed by atoms with Crippen molar-refractivity contribution in [2.24, 2.45) is 0 Å². The van der Waals surface area contributed by atoms with Crippen molar-refractivity contribution in [2.45, 2.75) is 45.1 Å². The first kappa shape index (κ1) is 24.2. The number of benzene rings is 1. The third kappa shape index (κ3) is 4.79. The van der Waals surface area contributed by atoms with Gasteiger partial charge in [-0.05, 0) is 38.7 Å². The van der Waals surface area contributed by atoms with Crippen molar-refractivity contribution in [1.82, 2.24) is 15.0 Å². The molecule has 4 rings (SSSR count). The van der Waals surface area contributed by atoms with Gasteiger partial charge in [0.15, 0.2) is 5.65 Å². The number of halogens is 3. The van der Waals surface area contributed by atoms with Crippen LogP contribution in [-0.4, -0.2) is 37.8 Å². The van der Waals surface area contributed by atoms with Gasteiger partial charge in [0.05, 0.1) is 24.1 Å². The molecule has 1 atom stereocenters. The van der Waals surface area contributed by atoms with Crippen molar-refractivity contribution in [1.29, 1.82) is 4.78 Å². The van der Waals surface area contributed by atoms with Gasteiger partial charge >= 0.3 is 0 Å². The Bertz CT molecular complexity index is 1320. The first-order valence-electron chi connectivity index (χ1n) is 10.9. The lowest BCUT2D eigenvalue weighted by Gasteiger charge is -2.25. The number of methoxy groups -OCH3 is 1. The van der Waals surface area contributed by atoms with Crippen LogP contribution >= 0.6 is 0 Å². The fourth-order valence-corrected chi connectivity index (χ4v) is 5.84. The van der Waals surface area contributed by atoms with Crippen molar-refractivity contribution in [3.05, 3.63) is 52.6 Å². The highest BCUT2D eigenvalue weighted by Gasteiger charge is 2.27. The predicted molar refractivity (Wildman–Crippen MR) is 125 cm³/mol. The summed E-state index contributed by atoms with van der Waals surface area (Å²) in [6.45, 7) is 3.36. The van der Waals surface area contributed by atoms with Crippen LogP contribution in [0.3, 0.4) is 0 Å². The molecule has 0 spiro atoms. The second-order valence-corrected chi connectivity index (χ2v) is 10.9. The minimum absolute atomic E-state index is 0.0125. The minimum atomic E-state index is -2.91. The van der Waals surface area contributed by atoms with Crippen LogP contribution < -0.4 is 10.1 Å². The topological polar surface area (TPSA) is 101 Å². The molecule has 1 aliphatic rings. The number of pyridine rings is 1. The Morgan fingerprint density at radius 3 is 2.50 bits per heavy atom. The van der Waals surface area contributed by atoms with E-state index >= 15 is 0 Å². The van der Waals surface area contributed by atoms with Gasteiger partial charge in [0.1, 0.15) is 17.5 Å². The summed E-state index contributed by atoms with van der Waals surface area (Å²) in [7, 11) is -1.03. The third-order valence-corrected chi connectivity index (χ3v) is 7.92. The molecule has 1 fully saturated rings. The maximum absolute atomic E-state index is 14.7. The average molecular weight is 494 g/mol. The van der Waals surface area contributed by atoms with E-state index in [0.717, 1.165) is 11.6 Å². The van der Waals surface area contributed by atoms with Gasteiger partial charge < -0.3 is 10.1 Å². The van der Waals surface area contributed by atoms with Gasteiger partial charge in [-0.1, -0.05) is 18.2 Å². The second-order valence-electron chi connectivity index (χ2n) is 8.49. The fraction of sp³-hybridized carbons (Fsp3) is 0.435. The molecule has 0 amide bonds. The second kappa shape index (κ2) is 9.36. The van der Waals surface area contributed by atoms with Crippen LogP contribution in [0.15, 0.2) is 24.3 Å². The molecular formula is C23H26F3N5O2S. The van der Waals surface area contributed by atoms with E-state index in [1.54, 1.807) is 13.8 Å². The van der Waals surface area contributed by atoms with Crippen LogP contribution in [-0.2, 0) is 9.73 Å². The quantitative estimate of drug-likeness (QED) is 0.469. The molecule has 182 valence electrons. The largest absolute Gasteiger partial charge is 0.481 e. The molecule has 7 nitrogen and oxygen atoms in total. The number of aryl methyl sites for hydroxylation is 1. The predicted octanol–water partition coefficient (Wildman–Crippen LogP) is 5.52. The van der Waals surface area contributed by atoms with Gasteiger partial charge in [-0.15, -0.1) is 0 Å². The number of nitrogens with zero attached hydrogens (tertiary/aromatic N) is 3. The molecular weight excluding hydrogens is 467 g/mol. The summed E-state index contributed by atoms with van der Waals surface area (Å²) in [5, 5.41) is 3.72. The average Bonchev–Trinajstić information content (AvgIpc) is 2.78. The van der Waals surface area contributed by atoms with E-state index in [9.17, 15) is 17.4 Å². The molecule has 2 N–H and O–H groups in total. The van der Waals surface area contributed by atoms with Crippen molar-refractivity contribution < 1.29 is 22.1 Å². The molecule has 11 heteroatoms. The van der Waals surface area contributed by atoms with Crippen molar-refractivity contribution in [2.75, 3.05) is 23.9 Å². The zero-order valence-electron chi connectivity index (χ0n) is 19.1. The van der Waals surface area contributed by atoms with Crippen LogP contribution in [0.2, 0.25) is 0 Å². The van der Waals surface area contributed by atoms with Crippen LogP contribution in [0.25, 0.3) is 11.0 Å². The highest BCUT2D eigenvalue weighted by atomic mass is 32.2. The Balaban J connectivity index is 1.75. The summed E-state index contributed by atoms with van der Waals surface area (Å²) in [6, 6.07) is 5.14. The lowest BCUT2D eigenvalue weighted by atomic mass is 9.93. The Kier molecular flexibility index (Phi) is 6.66. The van der Waals surface area contributed by atoms with Crippen LogP contribution in [0, 0.1) is 17.5 Å². The molecule has 0 saturated carbocycles. The maximum atomic E-state index is 14.7. The molecule has 0 radical (unpaired) electrons. The number of ether oxygens (including phenoxy) is 1. The van der Waals surface area contributed by atoms with E-state index in [2.05, 4.69) is 20.3 Å². The Hall–Kier alpha value is -2.95. The minimum Gasteiger partial charge on any atom is -0.481 e. The number of anilines is 1. The Morgan fingerprint density at radius 2 is 1.85 bits per heavy atom. The van der Waals surface area contributed by atoms with Crippen molar-refractivity contribution in [3.63, 3.8) is 0 Å². The number of rotatable bonds is 6. The molecule has 1 aromatic carbocycles. The molecule has 3 aromatic rings. The standard InChI is InChI=1S/C23H26F3N5O2S/c1-12(15-5-4-6-16(19(15)24)20(25)26)28-21-18-11-17(14-7-9-34(27,32)10-8-14)23(33-3)31-22(18)30-13(2)29-21/h4-6,11-12,14,20,27H,7-10H2,1-3H3,(H,28,29,30,31)/t12-,14?,34?/m1/s1. The zero-order chi connectivity index (χ0) is 24.6. The number of aromatic nitrogens is 3. The molecule has 0 aliphatic carbocycles. The molecule has 0 unspecified atom stereocenters. The summed E-state index contributed by atoms with van der Waals surface area (Å²) in [6.07, 6.45) is -1.77. The molecule has 34 heavy (non-hydrogen) atoms. The number of hydrogen-bond acceptors (Lipinski definition) is 7. The number of fused-ring (bicyclic) bond motifs is 1. The number of hydrogen-bond donors (Lipinski definition) is 2. The van der Waals surface area contributed by atoms with Gasteiger partial charge in [0.2, 0.25) is 5.88 Å². The highest BCUT2D eigenvalue weighted by molar-refractivity contribution is 7.92. The van der Waals surface area contributed by atoms with Crippen molar-refractivity contribution in [3.8, 4) is 5.88 Å². The van der Waals surface area contributed by atoms with Gasteiger partial charge in [-0.3, -0.25) is 4.78 Å².